The van der Waals surface area contributed by atoms with Gasteiger partial charge >= 0.3 is 12.4 Å². The van der Waals surface area contributed by atoms with Gasteiger partial charge in [-0.2, -0.15) is 26.3 Å². The monoisotopic (exact) mass is 759 g/mol. The van der Waals surface area contributed by atoms with Crippen molar-refractivity contribution in [3.05, 3.63) is 129 Å². The Hall–Kier alpha value is -5.53. The first-order valence-electron chi connectivity index (χ1n) is 16.8. The first-order valence-corrected chi connectivity index (χ1v) is 16.8. The second-order valence-electron chi connectivity index (χ2n) is 12.9. The Balaban J connectivity index is 0.000000291. The predicted octanol–water partition coefficient (Wildman–Crippen LogP) is 8.15. The summed E-state index contributed by atoms with van der Waals surface area (Å²) < 4.78 is 86.0. The van der Waals surface area contributed by atoms with Gasteiger partial charge in [-0.1, -0.05) is 57.2 Å². The van der Waals surface area contributed by atoms with E-state index in [-0.39, 0.29) is 24.6 Å². The third-order valence-electron chi connectivity index (χ3n) is 8.16. The minimum absolute atomic E-state index is 0.0576. The van der Waals surface area contributed by atoms with Crippen LogP contribution in [-0.4, -0.2) is 31.9 Å². The highest BCUT2D eigenvalue weighted by molar-refractivity contribution is 5.97. The van der Waals surface area contributed by atoms with Gasteiger partial charge in [0.05, 0.1) is 36.5 Å². The molecule has 1 unspecified atom stereocenters. The molecule has 4 N–H and O–H groups in total. The van der Waals surface area contributed by atoms with Crippen LogP contribution in [0.15, 0.2) is 84.9 Å². The van der Waals surface area contributed by atoms with E-state index in [9.17, 15) is 40.7 Å². The lowest BCUT2D eigenvalue weighted by Crippen LogP contribution is -2.24. The van der Waals surface area contributed by atoms with Crippen molar-refractivity contribution in [3.63, 3.8) is 0 Å². The molecule has 3 amide bonds. The van der Waals surface area contributed by atoms with Crippen LogP contribution in [0.1, 0.15) is 74.9 Å². The van der Waals surface area contributed by atoms with Crippen LogP contribution in [0, 0.1) is 11.8 Å². The quantitative estimate of drug-likeness (QED) is 0.119. The van der Waals surface area contributed by atoms with E-state index in [2.05, 4.69) is 24.5 Å². The molecule has 0 heterocycles. The van der Waals surface area contributed by atoms with Crippen LogP contribution in [0.4, 0.5) is 26.3 Å². The molecule has 0 aliphatic carbocycles. The maximum Gasteiger partial charge on any atom is 0.416 e. The van der Waals surface area contributed by atoms with Crippen LogP contribution in [0.3, 0.4) is 0 Å². The zero-order valence-corrected chi connectivity index (χ0v) is 30.5. The molecule has 0 radical (unpaired) electrons. The second kappa shape index (κ2) is 19.0. The fourth-order valence-corrected chi connectivity index (χ4v) is 5.22. The SMILES string of the molecule is COc1ccc(CC(C)C(N)=O)cc1C(=O)NCc1ccc(C(F)(F)F)cc1.COc1ccc(CC(C)C)cc1C(=O)NCc1ccc(C(F)(F)F)cc1. The summed E-state index contributed by atoms with van der Waals surface area (Å²) in [5.74, 6) is -0.340. The summed E-state index contributed by atoms with van der Waals surface area (Å²) in [5, 5.41) is 5.39. The number of carbonyl (C=O) groups is 3. The van der Waals surface area contributed by atoms with E-state index in [0.29, 0.717) is 40.5 Å². The number of nitrogens with two attached hydrogens (primary N) is 1. The van der Waals surface area contributed by atoms with Crippen molar-refractivity contribution in [3.8, 4) is 11.5 Å². The number of ether oxygens (including phenoxy) is 2. The van der Waals surface area contributed by atoms with Crippen LogP contribution in [0.25, 0.3) is 0 Å². The third-order valence-corrected chi connectivity index (χ3v) is 8.16. The Morgan fingerprint density at radius 1 is 0.593 bits per heavy atom. The van der Waals surface area contributed by atoms with Crippen molar-refractivity contribution < 1.29 is 50.2 Å². The number of halogens is 6. The lowest BCUT2D eigenvalue weighted by molar-refractivity contribution is -0.138. The highest BCUT2D eigenvalue weighted by Crippen LogP contribution is 2.30. The molecule has 1 atom stereocenters. The van der Waals surface area contributed by atoms with E-state index < -0.39 is 41.2 Å². The van der Waals surface area contributed by atoms with Crippen molar-refractivity contribution in [1.29, 1.82) is 0 Å². The smallest absolute Gasteiger partial charge is 0.416 e. The summed E-state index contributed by atoms with van der Waals surface area (Å²) >= 11 is 0. The highest BCUT2D eigenvalue weighted by Gasteiger charge is 2.30. The van der Waals surface area contributed by atoms with Gasteiger partial charge in [-0.3, -0.25) is 14.4 Å². The minimum Gasteiger partial charge on any atom is -0.496 e. The van der Waals surface area contributed by atoms with Crippen LogP contribution in [0.2, 0.25) is 0 Å². The molecule has 0 aliphatic heterocycles. The van der Waals surface area contributed by atoms with Gasteiger partial charge in [-0.05, 0) is 89.5 Å². The zero-order valence-electron chi connectivity index (χ0n) is 30.5. The largest absolute Gasteiger partial charge is 0.496 e. The zero-order chi connectivity index (χ0) is 40.2. The topological polar surface area (TPSA) is 120 Å². The van der Waals surface area contributed by atoms with Gasteiger partial charge in [-0.15, -0.1) is 0 Å². The fraction of sp³-hybridized carbons (Fsp3) is 0.325. The van der Waals surface area contributed by atoms with Crippen molar-refractivity contribution in [2.24, 2.45) is 17.6 Å². The van der Waals surface area contributed by atoms with Crippen molar-refractivity contribution in [1.82, 2.24) is 10.6 Å². The highest BCUT2D eigenvalue weighted by atomic mass is 19.4. The van der Waals surface area contributed by atoms with Gasteiger partial charge in [0.2, 0.25) is 5.91 Å². The number of nitrogens with one attached hydrogen (secondary N) is 2. The molecule has 0 bridgehead atoms. The van der Waals surface area contributed by atoms with Crippen LogP contribution in [0.5, 0.6) is 11.5 Å². The lowest BCUT2D eigenvalue weighted by atomic mass is 9.98. The van der Waals surface area contributed by atoms with E-state index in [1.165, 1.54) is 38.5 Å². The number of alkyl halides is 6. The fourth-order valence-electron chi connectivity index (χ4n) is 5.22. The second-order valence-corrected chi connectivity index (χ2v) is 12.9. The molecule has 0 aliphatic rings. The summed E-state index contributed by atoms with van der Waals surface area (Å²) in [7, 11) is 2.91. The number of primary amides is 1. The van der Waals surface area contributed by atoms with E-state index in [0.717, 1.165) is 41.8 Å². The number of hydrogen-bond donors (Lipinski definition) is 3. The first kappa shape index (κ1) is 42.9. The van der Waals surface area contributed by atoms with Crippen molar-refractivity contribution in [2.45, 2.75) is 59.1 Å². The summed E-state index contributed by atoms with van der Waals surface area (Å²) in [6.07, 6.45) is -7.56. The molecular formula is C40H43F6N3O5. The number of rotatable bonds is 13. The molecular weight excluding hydrogens is 716 g/mol. The number of benzene rings is 4. The Kier molecular flexibility index (Phi) is 15.1. The average molecular weight is 760 g/mol. The Morgan fingerprint density at radius 2 is 0.944 bits per heavy atom. The maximum absolute atomic E-state index is 12.6. The third kappa shape index (κ3) is 12.8. The molecule has 0 saturated carbocycles. The van der Waals surface area contributed by atoms with Crippen molar-refractivity contribution >= 4 is 17.7 Å². The van der Waals surface area contributed by atoms with E-state index >= 15 is 0 Å². The molecule has 0 spiro atoms. The van der Waals surface area contributed by atoms with Crippen LogP contribution in [-0.2, 0) is 43.1 Å². The van der Waals surface area contributed by atoms with E-state index in [1.54, 1.807) is 37.3 Å². The summed E-state index contributed by atoms with van der Waals surface area (Å²) in [4.78, 5) is 36.3. The molecule has 14 heteroatoms. The average Bonchev–Trinajstić information content (AvgIpc) is 3.12. The van der Waals surface area contributed by atoms with Gasteiger partial charge in [0.25, 0.3) is 11.8 Å². The minimum atomic E-state index is -4.41. The molecule has 0 fully saturated rings. The summed E-state index contributed by atoms with van der Waals surface area (Å²) in [5.41, 5.74) is 7.38. The van der Waals surface area contributed by atoms with Gasteiger partial charge in [0.1, 0.15) is 11.5 Å². The molecule has 290 valence electrons. The van der Waals surface area contributed by atoms with Crippen molar-refractivity contribution in [2.75, 3.05) is 14.2 Å². The molecule has 4 rings (SSSR count). The van der Waals surface area contributed by atoms with Gasteiger partial charge in [0, 0.05) is 19.0 Å². The number of carbonyl (C=O) groups excluding carboxylic acids is 3. The van der Waals surface area contributed by atoms with Crippen LogP contribution >= 0.6 is 0 Å². The van der Waals surface area contributed by atoms with Gasteiger partial charge in [0.15, 0.2) is 0 Å². The Morgan fingerprint density at radius 3 is 1.26 bits per heavy atom. The molecule has 4 aromatic rings. The number of amides is 3. The van der Waals surface area contributed by atoms with Gasteiger partial charge in [-0.25, -0.2) is 0 Å². The predicted molar refractivity (Wildman–Crippen MR) is 192 cm³/mol. The molecule has 54 heavy (non-hydrogen) atoms. The molecule has 8 nitrogen and oxygen atoms in total. The Labute approximate surface area is 310 Å². The molecule has 0 saturated heterocycles. The van der Waals surface area contributed by atoms with E-state index in [1.807, 2.05) is 6.07 Å². The standard InChI is InChI=1S/C20H21F3N2O3.C20H22F3NO2/c1-12(18(24)26)9-14-5-8-17(28-2)16(10-14)19(27)25-11-13-3-6-15(7-4-13)20(21,22)23;1-13(2)10-15-6-9-18(26-3)17(11-15)19(25)24-12-14-4-7-16(8-5-14)20(21,22)23/h3-8,10,12H,9,11H2,1-2H3,(H2,24,26)(H,25,27);4-9,11,13H,10,12H2,1-3H3,(H,24,25). The Bertz CT molecular complexity index is 1880. The first-order chi connectivity index (χ1) is 25.3. The normalized spacial score (nSPS) is 11.9. The number of hydrogen-bond acceptors (Lipinski definition) is 5. The number of methoxy groups -OCH3 is 2. The molecule has 4 aromatic carbocycles. The summed E-state index contributed by atoms with van der Waals surface area (Å²) in [6, 6.07) is 19.7. The molecule has 0 aromatic heterocycles. The maximum atomic E-state index is 12.6. The van der Waals surface area contributed by atoms with Gasteiger partial charge < -0.3 is 25.8 Å². The lowest BCUT2D eigenvalue weighted by Gasteiger charge is -2.13. The summed E-state index contributed by atoms with van der Waals surface area (Å²) in [6.45, 7) is 6.07. The van der Waals surface area contributed by atoms with E-state index in [4.69, 9.17) is 15.2 Å². The van der Waals surface area contributed by atoms with Crippen LogP contribution < -0.4 is 25.8 Å².